The van der Waals surface area contributed by atoms with E-state index in [1.165, 1.54) is 10.6 Å². The van der Waals surface area contributed by atoms with Gasteiger partial charge >= 0.3 is 24.2 Å². The number of nitrogens with one attached hydrogen (secondary N) is 4. The van der Waals surface area contributed by atoms with Gasteiger partial charge in [-0.2, -0.15) is 36.5 Å². The second kappa shape index (κ2) is 5.86. The number of carbonyl (C=O) groups is 2. The number of rotatable bonds is 3. The molecule has 0 fully saturated rings. The highest BCUT2D eigenvalue weighted by Gasteiger charge is 2.40. The molecule has 0 saturated carbocycles. The Bertz CT molecular complexity index is 696. The van der Waals surface area contributed by atoms with Gasteiger partial charge in [0.2, 0.25) is 0 Å². The van der Waals surface area contributed by atoms with Crippen molar-refractivity contribution in [3.63, 3.8) is 0 Å². The van der Waals surface area contributed by atoms with Crippen LogP contribution in [0.4, 0.5) is 38.0 Å². The van der Waals surface area contributed by atoms with Crippen LogP contribution in [0.15, 0.2) is 12.1 Å². The van der Waals surface area contributed by atoms with E-state index >= 15 is 0 Å². The lowest BCUT2D eigenvalue weighted by atomic mass is 10.3. The Labute approximate surface area is 127 Å². The molecule has 0 bridgehead atoms. The van der Waals surface area contributed by atoms with Crippen molar-refractivity contribution in [3.8, 4) is 11.4 Å². The van der Waals surface area contributed by atoms with Gasteiger partial charge < -0.3 is 10.6 Å². The van der Waals surface area contributed by atoms with E-state index in [2.05, 4.69) is 20.4 Å². The monoisotopic (exact) mass is 356 g/mol. The molecule has 24 heavy (non-hydrogen) atoms. The Morgan fingerprint density at radius 3 is 1.42 bits per heavy atom. The Kier molecular flexibility index (Phi) is 4.22. The summed E-state index contributed by atoms with van der Waals surface area (Å²) in [6, 6.07) is 1.96. The summed E-state index contributed by atoms with van der Waals surface area (Å²) in [6.45, 7) is 0. The number of H-pyrrole nitrogens is 2. The predicted octanol–water partition coefficient (Wildman–Crippen LogP) is 1.80. The van der Waals surface area contributed by atoms with E-state index < -0.39 is 35.8 Å². The first kappa shape index (κ1) is 17.3. The minimum absolute atomic E-state index is 0.00693. The van der Waals surface area contributed by atoms with Crippen molar-refractivity contribution in [3.05, 3.63) is 12.1 Å². The van der Waals surface area contributed by atoms with E-state index in [4.69, 9.17) is 0 Å². The molecule has 0 aliphatic heterocycles. The van der Waals surface area contributed by atoms with Gasteiger partial charge in [-0.3, -0.25) is 19.8 Å². The van der Waals surface area contributed by atoms with E-state index in [1.54, 1.807) is 0 Å². The lowest BCUT2D eigenvalue weighted by Crippen LogP contribution is -2.30. The summed E-state index contributed by atoms with van der Waals surface area (Å²) in [5, 5.41) is 14.2. The number of amides is 2. The molecule has 0 atom stereocenters. The molecule has 4 N–H and O–H groups in total. The molecule has 0 radical (unpaired) electrons. The molecule has 0 saturated heterocycles. The van der Waals surface area contributed by atoms with Crippen LogP contribution in [0.1, 0.15) is 0 Å². The van der Waals surface area contributed by atoms with Crippen LogP contribution < -0.4 is 10.6 Å². The van der Waals surface area contributed by atoms with Crippen molar-refractivity contribution in [2.75, 3.05) is 10.6 Å². The molecule has 2 aromatic heterocycles. The molecule has 2 rings (SSSR count). The molecule has 14 heteroatoms. The first-order valence-electron chi connectivity index (χ1n) is 5.84. The van der Waals surface area contributed by atoms with E-state index in [1.807, 2.05) is 0 Å². The van der Waals surface area contributed by atoms with Crippen LogP contribution in [0, 0.1) is 0 Å². The maximum Gasteiger partial charge on any atom is 0.471 e. The van der Waals surface area contributed by atoms with Crippen LogP contribution in [0.5, 0.6) is 0 Å². The van der Waals surface area contributed by atoms with Gasteiger partial charge in [-0.25, -0.2) is 0 Å². The average Bonchev–Trinajstić information content (AvgIpc) is 3.05. The number of hydrogen-bond donors (Lipinski definition) is 4. The number of alkyl halides is 6. The number of halogens is 6. The first-order valence-corrected chi connectivity index (χ1v) is 5.84. The normalized spacial score (nSPS) is 12.1. The maximum absolute atomic E-state index is 12.1. The Hall–Kier alpha value is -3.06. The standard InChI is InChI=1S/C10H6F6N6O2/c11-9(12,13)7(23)17-5-1-3(19-21-5)4-2-6(22-20-4)18-8(24)10(14,15)16/h1-2H,(H2,17,19,21,23)(H2,18,20,22,24). The zero-order chi connectivity index (χ0) is 18.1. The van der Waals surface area contributed by atoms with Crippen molar-refractivity contribution >= 4 is 23.5 Å². The van der Waals surface area contributed by atoms with Crippen molar-refractivity contribution in [2.45, 2.75) is 12.4 Å². The summed E-state index contributed by atoms with van der Waals surface area (Å²) in [6.07, 6.45) is -10.2. The molecule has 2 amide bonds. The zero-order valence-electron chi connectivity index (χ0n) is 11.1. The number of aromatic nitrogens is 4. The highest BCUT2D eigenvalue weighted by molar-refractivity contribution is 5.95. The number of carbonyl (C=O) groups excluding carboxylic acids is 2. The smallest absolute Gasteiger partial charge is 0.301 e. The zero-order valence-corrected chi connectivity index (χ0v) is 11.1. The fraction of sp³-hybridized carbons (Fsp3) is 0.200. The molecule has 0 aliphatic rings. The van der Waals surface area contributed by atoms with Gasteiger partial charge in [0.25, 0.3) is 0 Å². The molecule has 8 nitrogen and oxygen atoms in total. The summed E-state index contributed by atoms with van der Waals surface area (Å²) in [4.78, 5) is 21.5. The lowest BCUT2D eigenvalue weighted by molar-refractivity contribution is -0.167. The third-order valence-electron chi connectivity index (χ3n) is 2.44. The third kappa shape index (κ3) is 4.02. The summed E-state index contributed by atoms with van der Waals surface area (Å²) < 4.78 is 72.5. The van der Waals surface area contributed by atoms with Gasteiger partial charge in [-0.1, -0.05) is 0 Å². The fourth-order valence-electron chi connectivity index (χ4n) is 1.42. The molecule has 0 aliphatic carbocycles. The molecule has 2 heterocycles. The predicted molar refractivity (Wildman–Crippen MR) is 65.5 cm³/mol. The second-order valence-corrected chi connectivity index (χ2v) is 4.24. The molecule has 0 aromatic carbocycles. The van der Waals surface area contributed by atoms with Crippen molar-refractivity contribution < 1.29 is 35.9 Å². The van der Waals surface area contributed by atoms with Crippen LogP contribution in [-0.4, -0.2) is 44.6 Å². The quantitative estimate of drug-likeness (QED) is 0.628. The largest absolute Gasteiger partial charge is 0.471 e. The van der Waals surface area contributed by atoms with Gasteiger partial charge in [0.1, 0.15) is 0 Å². The van der Waals surface area contributed by atoms with Gasteiger partial charge in [0, 0.05) is 12.1 Å². The molecular weight excluding hydrogens is 350 g/mol. The topological polar surface area (TPSA) is 116 Å². The van der Waals surface area contributed by atoms with E-state index in [0.29, 0.717) is 0 Å². The third-order valence-corrected chi connectivity index (χ3v) is 2.44. The Balaban J connectivity index is 2.09. The molecular formula is C10H6F6N6O2. The summed E-state index contributed by atoms with van der Waals surface area (Å²) in [5.74, 6) is -5.43. The lowest BCUT2D eigenvalue weighted by Gasteiger charge is -2.04. The summed E-state index contributed by atoms with van der Waals surface area (Å²) in [7, 11) is 0. The molecule has 0 spiro atoms. The number of aromatic amines is 2. The fourth-order valence-corrected chi connectivity index (χ4v) is 1.42. The molecule has 0 unspecified atom stereocenters. The summed E-state index contributed by atoms with van der Waals surface area (Å²) >= 11 is 0. The second-order valence-electron chi connectivity index (χ2n) is 4.24. The Morgan fingerprint density at radius 2 is 1.12 bits per heavy atom. The summed E-state index contributed by atoms with van der Waals surface area (Å²) in [5.41, 5.74) is 0.0139. The molecule has 2 aromatic rings. The van der Waals surface area contributed by atoms with Crippen molar-refractivity contribution in [1.29, 1.82) is 0 Å². The van der Waals surface area contributed by atoms with Crippen LogP contribution in [0.25, 0.3) is 11.4 Å². The van der Waals surface area contributed by atoms with Crippen LogP contribution in [0.2, 0.25) is 0 Å². The highest BCUT2D eigenvalue weighted by atomic mass is 19.4. The Morgan fingerprint density at radius 1 is 0.792 bits per heavy atom. The van der Waals surface area contributed by atoms with Gasteiger partial charge in [-0.05, 0) is 0 Å². The number of nitrogens with zero attached hydrogens (tertiary/aromatic N) is 2. The highest BCUT2D eigenvalue weighted by Crippen LogP contribution is 2.23. The van der Waals surface area contributed by atoms with E-state index in [-0.39, 0.29) is 11.4 Å². The van der Waals surface area contributed by atoms with Gasteiger partial charge in [0.15, 0.2) is 11.6 Å². The SMILES string of the molecule is O=C(Nc1cc(-c2cc(NC(=O)C(F)(F)F)n[nH]2)[nH]n1)C(F)(F)F. The van der Waals surface area contributed by atoms with Crippen LogP contribution in [-0.2, 0) is 9.59 Å². The minimum Gasteiger partial charge on any atom is -0.301 e. The maximum atomic E-state index is 12.1. The van der Waals surface area contributed by atoms with E-state index in [0.717, 1.165) is 12.1 Å². The van der Waals surface area contributed by atoms with Crippen molar-refractivity contribution in [2.24, 2.45) is 0 Å². The number of hydrogen-bond acceptors (Lipinski definition) is 4. The van der Waals surface area contributed by atoms with Gasteiger partial charge in [0.05, 0.1) is 11.4 Å². The van der Waals surface area contributed by atoms with Crippen LogP contribution in [0.3, 0.4) is 0 Å². The van der Waals surface area contributed by atoms with Gasteiger partial charge in [-0.15, -0.1) is 0 Å². The average molecular weight is 356 g/mol. The first-order chi connectivity index (χ1) is 11.0. The number of anilines is 2. The molecule has 130 valence electrons. The van der Waals surface area contributed by atoms with E-state index in [9.17, 15) is 35.9 Å². The van der Waals surface area contributed by atoms with Crippen LogP contribution >= 0.6 is 0 Å². The minimum atomic E-state index is -5.11. The van der Waals surface area contributed by atoms with Crippen molar-refractivity contribution in [1.82, 2.24) is 20.4 Å².